The van der Waals surface area contributed by atoms with Crippen LogP contribution in [-0.4, -0.2) is 20.4 Å². The molecule has 0 saturated carbocycles. The van der Waals surface area contributed by atoms with E-state index in [0.29, 0.717) is 0 Å². The molecule has 1 heterocycles. The van der Waals surface area contributed by atoms with Crippen molar-refractivity contribution in [3.63, 3.8) is 0 Å². The maximum Gasteiger partial charge on any atom is 0.167 e. The van der Waals surface area contributed by atoms with Crippen LogP contribution in [0.25, 0.3) is 0 Å². The van der Waals surface area contributed by atoms with E-state index in [2.05, 4.69) is 11.9 Å². The molecule has 12 heavy (non-hydrogen) atoms. The second kappa shape index (κ2) is 4.52. The molecule has 0 unspecified atom stereocenters. The van der Waals surface area contributed by atoms with Crippen LogP contribution in [0.4, 0.5) is 0 Å². The Labute approximate surface area is 76.8 Å². The molecule has 0 aliphatic carbocycles. The van der Waals surface area contributed by atoms with Gasteiger partial charge in [-0.05, 0) is 6.42 Å². The summed E-state index contributed by atoms with van der Waals surface area (Å²) in [7, 11) is 1.93. The van der Waals surface area contributed by atoms with Crippen LogP contribution in [0.3, 0.4) is 0 Å². The van der Waals surface area contributed by atoms with E-state index < -0.39 is 0 Å². The van der Waals surface area contributed by atoms with E-state index in [1.165, 1.54) is 0 Å². The Hall–Kier alpha value is -0.480. The lowest BCUT2D eigenvalue weighted by Gasteiger charge is -2.01. The third-order valence-electron chi connectivity index (χ3n) is 1.64. The first-order valence-electron chi connectivity index (χ1n) is 4.03. The molecular formula is C8H14N2OS. The first kappa shape index (κ1) is 9.61. The molecule has 0 aliphatic heterocycles. The van der Waals surface area contributed by atoms with E-state index in [4.69, 9.17) is 5.11 Å². The molecule has 0 spiro atoms. The van der Waals surface area contributed by atoms with Gasteiger partial charge in [0.1, 0.15) is 0 Å². The van der Waals surface area contributed by atoms with Gasteiger partial charge in [0.15, 0.2) is 5.16 Å². The van der Waals surface area contributed by atoms with Gasteiger partial charge >= 0.3 is 0 Å². The quantitative estimate of drug-likeness (QED) is 0.723. The van der Waals surface area contributed by atoms with E-state index in [0.717, 1.165) is 23.0 Å². The van der Waals surface area contributed by atoms with Crippen LogP contribution in [0.15, 0.2) is 11.4 Å². The summed E-state index contributed by atoms with van der Waals surface area (Å²) in [6.45, 7) is 2.21. The minimum Gasteiger partial charge on any atom is -0.390 e. The van der Waals surface area contributed by atoms with Crippen molar-refractivity contribution < 1.29 is 5.11 Å². The molecule has 1 N–H and O–H groups in total. The van der Waals surface area contributed by atoms with E-state index in [1.54, 1.807) is 18.0 Å². The van der Waals surface area contributed by atoms with Gasteiger partial charge in [0.25, 0.3) is 0 Å². The monoisotopic (exact) mass is 186 g/mol. The molecule has 0 atom stereocenters. The predicted octanol–water partition coefficient (Wildman–Crippen LogP) is 1.41. The van der Waals surface area contributed by atoms with Gasteiger partial charge in [-0.3, -0.25) is 0 Å². The van der Waals surface area contributed by atoms with Crippen molar-refractivity contribution >= 4 is 11.8 Å². The van der Waals surface area contributed by atoms with Gasteiger partial charge in [-0.25, -0.2) is 4.98 Å². The zero-order valence-electron chi connectivity index (χ0n) is 7.45. The summed E-state index contributed by atoms with van der Waals surface area (Å²) < 4.78 is 1.93. The van der Waals surface area contributed by atoms with E-state index >= 15 is 0 Å². The number of aliphatic hydroxyl groups is 1. The first-order chi connectivity index (χ1) is 5.79. The van der Waals surface area contributed by atoms with Crippen molar-refractivity contribution in [3.05, 3.63) is 11.9 Å². The first-order valence-corrected chi connectivity index (χ1v) is 5.02. The van der Waals surface area contributed by atoms with Crippen LogP contribution in [0, 0.1) is 0 Å². The van der Waals surface area contributed by atoms with Crippen molar-refractivity contribution in [2.24, 2.45) is 7.05 Å². The van der Waals surface area contributed by atoms with Crippen LogP contribution in [-0.2, 0) is 13.7 Å². The van der Waals surface area contributed by atoms with Crippen molar-refractivity contribution in [2.45, 2.75) is 25.1 Å². The Balaban J connectivity index is 2.66. The molecule has 0 amide bonds. The number of aliphatic hydroxyl groups excluding tert-OH is 1. The van der Waals surface area contributed by atoms with E-state index in [9.17, 15) is 0 Å². The standard InChI is InChI=1S/C8H14N2OS/c1-3-4-12-8-9-5-7(6-11)10(8)2/h5,11H,3-4,6H2,1-2H3. The van der Waals surface area contributed by atoms with E-state index in [-0.39, 0.29) is 6.61 Å². The Bertz CT molecular complexity index is 247. The van der Waals surface area contributed by atoms with Crippen molar-refractivity contribution in [1.29, 1.82) is 0 Å². The van der Waals surface area contributed by atoms with Gasteiger partial charge < -0.3 is 9.67 Å². The highest BCUT2D eigenvalue weighted by Gasteiger charge is 2.04. The Morgan fingerprint density at radius 1 is 1.67 bits per heavy atom. The summed E-state index contributed by atoms with van der Waals surface area (Å²) >= 11 is 1.72. The number of rotatable bonds is 4. The molecule has 3 nitrogen and oxygen atoms in total. The number of hydrogen-bond acceptors (Lipinski definition) is 3. The van der Waals surface area contributed by atoms with Gasteiger partial charge in [-0.15, -0.1) is 0 Å². The molecule has 4 heteroatoms. The largest absolute Gasteiger partial charge is 0.390 e. The molecule has 0 aromatic carbocycles. The molecule has 0 fully saturated rings. The molecule has 0 bridgehead atoms. The maximum absolute atomic E-state index is 8.89. The highest BCUT2D eigenvalue weighted by atomic mass is 32.2. The summed E-state index contributed by atoms with van der Waals surface area (Å²) in [4.78, 5) is 4.19. The molecule has 68 valence electrons. The number of thioether (sulfide) groups is 1. The summed E-state index contributed by atoms with van der Waals surface area (Å²) in [5.74, 6) is 1.08. The van der Waals surface area contributed by atoms with Crippen molar-refractivity contribution in [3.8, 4) is 0 Å². The topological polar surface area (TPSA) is 38.1 Å². The zero-order valence-corrected chi connectivity index (χ0v) is 8.27. The van der Waals surface area contributed by atoms with E-state index in [1.807, 2.05) is 11.6 Å². The van der Waals surface area contributed by atoms with Crippen molar-refractivity contribution in [2.75, 3.05) is 5.75 Å². The average Bonchev–Trinajstić information content (AvgIpc) is 2.43. The summed E-state index contributed by atoms with van der Waals surface area (Å²) in [6.07, 6.45) is 2.87. The fourth-order valence-electron chi connectivity index (χ4n) is 0.900. The van der Waals surface area contributed by atoms with Gasteiger partial charge in [0.2, 0.25) is 0 Å². The summed E-state index contributed by atoms with van der Waals surface area (Å²) in [6, 6.07) is 0. The highest BCUT2D eigenvalue weighted by Crippen LogP contribution is 2.17. The van der Waals surface area contributed by atoms with Crippen LogP contribution in [0.2, 0.25) is 0 Å². The molecule has 1 rings (SSSR count). The normalized spacial score (nSPS) is 10.6. The lowest BCUT2D eigenvalue weighted by molar-refractivity contribution is 0.271. The molecule has 0 saturated heterocycles. The van der Waals surface area contributed by atoms with Crippen molar-refractivity contribution in [1.82, 2.24) is 9.55 Å². The zero-order chi connectivity index (χ0) is 8.97. The fourth-order valence-corrected chi connectivity index (χ4v) is 1.72. The Kier molecular flexibility index (Phi) is 3.62. The number of nitrogens with zero attached hydrogens (tertiary/aromatic N) is 2. The maximum atomic E-state index is 8.89. The second-order valence-corrected chi connectivity index (χ2v) is 3.66. The number of aromatic nitrogens is 2. The third-order valence-corrected chi connectivity index (χ3v) is 2.89. The fraction of sp³-hybridized carbons (Fsp3) is 0.625. The van der Waals surface area contributed by atoms with Crippen LogP contribution in [0.5, 0.6) is 0 Å². The SMILES string of the molecule is CCCSc1ncc(CO)n1C. The van der Waals surface area contributed by atoms with Gasteiger partial charge in [0, 0.05) is 12.8 Å². The van der Waals surface area contributed by atoms with Crippen LogP contribution in [0.1, 0.15) is 19.0 Å². The molecule has 1 aromatic rings. The minimum absolute atomic E-state index is 0.0657. The summed E-state index contributed by atoms with van der Waals surface area (Å²) in [5, 5.41) is 9.87. The molecular weight excluding hydrogens is 172 g/mol. The summed E-state index contributed by atoms with van der Waals surface area (Å²) in [5.41, 5.74) is 0.869. The molecule has 1 aromatic heterocycles. The average molecular weight is 186 g/mol. The number of imidazole rings is 1. The molecule has 0 radical (unpaired) electrons. The lowest BCUT2D eigenvalue weighted by Crippen LogP contribution is -1.97. The third kappa shape index (κ3) is 2.01. The van der Waals surface area contributed by atoms with Gasteiger partial charge in [0.05, 0.1) is 18.5 Å². The van der Waals surface area contributed by atoms with Crippen LogP contribution < -0.4 is 0 Å². The number of hydrogen-bond donors (Lipinski definition) is 1. The lowest BCUT2D eigenvalue weighted by atomic mass is 10.5. The second-order valence-electron chi connectivity index (χ2n) is 2.60. The Morgan fingerprint density at radius 2 is 2.42 bits per heavy atom. The smallest absolute Gasteiger partial charge is 0.167 e. The molecule has 0 aliphatic rings. The van der Waals surface area contributed by atoms with Crippen LogP contribution >= 0.6 is 11.8 Å². The van der Waals surface area contributed by atoms with Gasteiger partial charge in [-0.2, -0.15) is 0 Å². The highest BCUT2D eigenvalue weighted by molar-refractivity contribution is 7.99. The predicted molar refractivity (Wildman–Crippen MR) is 50.1 cm³/mol. The Morgan fingerprint density at radius 3 is 2.92 bits per heavy atom. The minimum atomic E-state index is 0.0657. The van der Waals surface area contributed by atoms with Gasteiger partial charge in [-0.1, -0.05) is 18.7 Å².